The first-order chi connectivity index (χ1) is 9.99. The van der Waals surface area contributed by atoms with Crippen LogP contribution in [-0.2, 0) is 6.54 Å². The molecule has 114 valence electrons. The van der Waals surface area contributed by atoms with Crippen molar-refractivity contribution in [1.29, 1.82) is 0 Å². The fourth-order valence-electron chi connectivity index (χ4n) is 2.33. The van der Waals surface area contributed by atoms with Gasteiger partial charge in [-0.2, -0.15) is 0 Å². The summed E-state index contributed by atoms with van der Waals surface area (Å²) in [6.07, 6.45) is 0. The van der Waals surface area contributed by atoms with Gasteiger partial charge in [0.2, 0.25) is 0 Å². The van der Waals surface area contributed by atoms with Gasteiger partial charge in [-0.25, -0.2) is 4.98 Å². The van der Waals surface area contributed by atoms with Crippen molar-refractivity contribution >= 4 is 16.7 Å². The maximum absolute atomic E-state index is 4.88. The molecule has 2 rings (SSSR count). The molecule has 1 aromatic carbocycles. The molecule has 3 heteroatoms. The summed E-state index contributed by atoms with van der Waals surface area (Å²) in [7, 11) is 2.12. The lowest BCUT2D eigenvalue weighted by atomic mass is 10.1. The van der Waals surface area contributed by atoms with Gasteiger partial charge in [0, 0.05) is 30.6 Å². The Bertz CT molecular complexity index is 590. The van der Waals surface area contributed by atoms with E-state index in [1.165, 1.54) is 10.9 Å². The van der Waals surface area contributed by atoms with Gasteiger partial charge < -0.3 is 10.2 Å². The summed E-state index contributed by atoms with van der Waals surface area (Å²) < 4.78 is 0. The topological polar surface area (TPSA) is 28.2 Å². The molecule has 0 saturated carbocycles. The van der Waals surface area contributed by atoms with E-state index in [2.05, 4.69) is 69.2 Å². The average Bonchev–Trinajstić information content (AvgIpc) is 2.45. The van der Waals surface area contributed by atoms with Gasteiger partial charge in [-0.05, 0) is 38.4 Å². The van der Waals surface area contributed by atoms with Gasteiger partial charge in [0.15, 0.2) is 0 Å². The SMILES string of the molecule is CC(C)CNCc1cc2ccccc2nc1N(C)C(C)C. The molecule has 0 aliphatic carbocycles. The zero-order valence-electron chi connectivity index (χ0n) is 13.9. The van der Waals surface area contributed by atoms with E-state index in [4.69, 9.17) is 4.98 Å². The highest BCUT2D eigenvalue weighted by atomic mass is 15.2. The van der Waals surface area contributed by atoms with Gasteiger partial charge in [0.1, 0.15) is 5.82 Å². The van der Waals surface area contributed by atoms with Crippen LogP contribution < -0.4 is 10.2 Å². The van der Waals surface area contributed by atoms with Crippen LogP contribution in [0, 0.1) is 5.92 Å². The number of nitrogens with one attached hydrogen (secondary N) is 1. The Morgan fingerprint density at radius 3 is 2.52 bits per heavy atom. The molecular formula is C18H27N3. The molecular weight excluding hydrogens is 258 g/mol. The van der Waals surface area contributed by atoms with Crippen molar-refractivity contribution in [1.82, 2.24) is 10.3 Å². The second-order valence-corrected chi connectivity index (χ2v) is 6.39. The van der Waals surface area contributed by atoms with Crippen LogP contribution in [0.3, 0.4) is 0 Å². The van der Waals surface area contributed by atoms with E-state index in [-0.39, 0.29) is 0 Å². The van der Waals surface area contributed by atoms with Gasteiger partial charge >= 0.3 is 0 Å². The molecule has 2 aromatic rings. The number of pyridine rings is 1. The Labute approximate surface area is 128 Å². The number of anilines is 1. The maximum atomic E-state index is 4.88. The molecule has 3 nitrogen and oxygen atoms in total. The first kappa shape index (κ1) is 15.8. The highest BCUT2D eigenvalue weighted by Gasteiger charge is 2.13. The third-order valence-electron chi connectivity index (χ3n) is 3.76. The van der Waals surface area contributed by atoms with E-state index in [9.17, 15) is 0 Å². The summed E-state index contributed by atoms with van der Waals surface area (Å²) in [5.74, 6) is 1.74. The normalized spacial score (nSPS) is 11.6. The lowest BCUT2D eigenvalue weighted by molar-refractivity contribution is 0.551. The second-order valence-electron chi connectivity index (χ2n) is 6.39. The minimum Gasteiger partial charge on any atom is -0.357 e. The zero-order valence-corrected chi connectivity index (χ0v) is 13.9. The average molecular weight is 285 g/mol. The van der Waals surface area contributed by atoms with E-state index in [0.717, 1.165) is 24.4 Å². The summed E-state index contributed by atoms with van der Waals surface area (Å²) in [4.78, 5) is 7.13. The fraction of sp³-hybridized carbons (Fsp3) is 0.500. The van der Waals surface area contributed by atoms with Crippen LogP contribution in [0.1, 0.15) is 33.3 Å². The number of rotatable bonds is 6. The number of fused-ring (bicyclic) bond motifs is 1. The van der Waals surface area contributed by atoms with Crippen LogP contribution in [0.2, 0.25) is 0 Å². The second kappa shape index (κ2) is 6.90. The zero-order chi connectivity index (χ0) is 15.4. The molecule has 0 amide bonds. The molecule has 0 bridgehead atoms. The molecule has 0 aliphatic heterocycles. The summed E-state index contributed by atoms with van der Waals surface area (Å²) in [5.41, 5.74) is 2.33. The fourth-order valence-corrected chi connectivity index (χ4v) is 2.33. The first-order valence-electron chi connectivity index (χ1n) is 7.81. The number of nitrogens with zero attached hydrogens (tertiary/aromatic N) is 2. The molecule has 0 spiro atoms. The third kappa shape index (κ3) is 3.94. The number of hydrogen-bond acceptors (Lipinski definition) is 3. The lowest BCUT2D eigenvalue weighted by Gasteiger charge is -2.26. The van der Waals surface area contributed by atoms with Crippen molar-refractivity contribution in [3.63, 3.8) is 0 Å². The van der Waals surface area contributed by atoms with Crippen LogP contribution in [0.15, 0.2) is 30.3 Å². The number of benzene rings is 1. The van der Waals surface area contributed by atoms with Crippen LogP contribution in [-0.4, -0.2) is 24.6 Å². The van der Waals surface area contributed by atoms with Crippen LogP contribution in [0.25, 0.3) is 10.9 Å². The van der Waals surface area contributed by atoms with Crippen molar-refractivity contribution in [3.8, 4) is 0 Å². The Hall–Kier alpha value is -1.61. The van der Waals surface area contributed by atoms with Crippen molar-refractivity contribution in [2.75, 3.05) is 18.5 Å². The maximum Gasteiger partial charge on any atom is 0.133 e. The number of hydrogen-bond donors (Lipinski definition) is 1. The predicted octanol–water partition coefficient (Wildman–Crippen LogP) is 3.83. The highest BCUT2D eigenvalue weighted by Crippen LogP contribution is 2.24. The van der Waals surface area contributed by atoms with Crippen molar-refractivity contribution in [2.45, 2.75) is 40.3 Å². The van der Waals surface area contributed by atoms with E-state index in [0.29, 0.717) is 12.0 Å². The van der Waals surface area contributed by atoms with E-state index < -0.39 is 0 Å². The summed E-state index contributed by atoms with van der Waals surface area (Å²) in [5, 5.41) is 4.74. The smallest absolute Gasteiger partial charge is 0.133 e. The van der Waals surface area contributed by atoms with Crippen molar-refractivity contribution in [2.24, 2.45) is 5.92 Å². The monoisotopic (exact) mass is 285 g/mol. The molecule has 0 fully saturated rings. The van der Waals surface area contributed by atoms with Gasteiger partial charge in [-0.15, -0.1) is 0 Å². The van der Waals surface area contributed by atoms with Crippen LogP contribution in [0.5, 0.6) is 0 Å². The van der Waals surface area contributed by atoms with E-state index in [1.54, 1.807) is 0 Å². The van der Waals surface area contributed by atoms with Crippen LogP contribution >= 0.6 is 0 Å². The molecule has 0 radical (unpaired) electrons. The molecule has 21 heavy (non-hydrogen) atoms. The summed E-state index contributed by atoms with van der Waals surface area (Å²) in [6.45, 7) is 10.7. The minimum atomic E-state index is 0.433. The van der Waals surface area contributed by atoms with Gasteiger partial charge in [-0.3, -0.25) is 0 Å². The van der Waals surface area contributed by atoms with E-state index in [1.807, 2.05) is 6.07 Å². The minimum absolute atomic E-state index is 0.433. The number of aromatic nitrogens is 1. The molecule has 0 saturated heterocycles. The largest absolute Gasteiger partial charge is 0.357 e. The van der Waals surface area contributed by atoms with Gasteiger partial charge in [-0.1, -0.05) is 32.0 Å². The summed E-state index contributed by atoms with van der Waals surface area (Å²) >= 11 is 0. The van der Waals surface area contributed by atoms with Gasteiger partial charge in [0.25, 0.3) is 0 Å². The lowest BCUT2D eigenvalue weighted by Crippen LogP contribution is -2.29. The third-order valence-corrected chi connectivity index (χ3v) is 3.76. The van der Waals surface area contributed by atoms with E-state index >= 15 is 0 Å². The predicted molar refractivity (Wildman–Crippen MR) is 91.8 cm³/mol. The molecule has 0 atom stereocenters. The quantitative estimate of drug-likeness (QED) is 0.874. The molecule has 1 aromatic heterocycles. The molecule has 0 unspecified atom stereocenters. The Morgan fingerprint density at radius 2 is 1.86 bits per heavy atom. The number of para-hydroxylation sites is 1. The Morgan fingerprint density at radius 1 is 1.14 bits per heavy atom. The summed E-state index contributed by atoms with van der Waals surface area (Å²) in [6, 6.07) is 11.0. The molecule has 1 heterocycles. The first-order valence-corrected chi connectivity index (χ1v) is 7.81. The Balaban J connectivity index is 2.36. The Kier molecular flexibility index (Phi) is 5.18. The van der Waals surface area contributed by atoms with Crippen molar-refractivity contribution < 1.29 is 0 Å². The van der Waals surface area contributed by atoms with Gasteiger partial charge in [0.05, 0.1) is 5.52 Å². The standard InChI is InChI=1S/C18H27N3/c1-13(2)11-19-12-16-10-15-8-6-7-9-17(15)20-18(16)21(5)14(3)4/h6-10,13-14,19H,11-12H2,1-5H3. The molecule has 0 aliphatic rings. The highest BCUT2D eigenvalue weighted by molar-refractivity contribution is 5.81. The van der Waals surface area contributed by atoms with Crippen LogP contribution in [0.4, 0.5) is 5.82 Å². The van der Waals surface area contributed by atoms with Crippen molar-refractivity contribution in [3.05, 3.63) is 35.9 Å². The molecule has 1 N–H and O–H groups in total.